The largest absolute Gasteiger partial charge is 0.310 e. The molecular weight excluding hydrogens is 251 g/mol. The zero-order valence-corrected chi connectivity index (χ0v) is 12.5. The monoisotopic (exact) mass is 276 g/mol. The van der Waals surface area contributed by atoms with Crippen LogP contribution in [0.2, 0.25) is 0 Å². The number of hydrogen-bond acceptors (Lipinski definition) is 2. The Bertz CT molecular complexity index is 470. The van der Waals surface area contributed by atoms with Gasteiger partial charge in [0.1, 0.15) is 5.82 Å². The van der Waals surface area contributed by atoms with Crippen molar-refractivity contribution in [3.8, 4) is 0 Å². The lowest BCUT2D eigenvalue weighted by atomic mass is 10.0. The molecule has 20 heavy (non-hydrogen) atoms. The minimum absolute atomic E-state index is 0.100. The summed E-state index contributed by atoms with van der Waals surface area (Å²) in [6.07, 6.45) is 4.11. The van der Waals surface area contributed by atoms with Gasteiger partial charge >= 0.3 is 0 Å². The highest BCUT2D eigenvalue weighted by Crippen LogP contribution is 2.31. The van der Waals surface area contributed by atoms with Crippen LogP contribution in [-0.2, 0) is 0 Å². The summed E-state index contributed by atoms with van der Waals surface area (Å²) in [5.74, 6) is 0.658. The van der Waals surface area contributed by atoms with Gasteiger partial charge in [0.15, 0.2) is 0 Å². The molecule has 2 fully saturated rings. The summed E-state index contributed by atoms with van der Waals surface area (Å²) in [6, 6.07) is 6.68. The van der Waals surface area contributed by atoms with E-state index in [0.717, 1.165) is 29.6 Å². The van der Waals surface area contributed by atoms with E-state index in [1.807, 2.05) is 19.1 Å². The second-order valence-electron chi connectivity index (χ2n) is 6.52. The first-order valence-electron chi connectivity index (χ1n) is 7.87. The molecule has 0 bridgehead atoms. The van der Waals surface area contributed by atoms with Crippen LogP contribution < -0.4 is 5.32 Å². The van der Waals surface area contributed by atoms with Gasteiger partial charge in [-0.2, -0.15) is 0 Å². The van der Waals surface area contributed by atoms with Gasteiger partial charge in [-0.1, -0.05) is 12.1 Å². The van der Waals surface area contributed by atoms with Gasteiger partial charge in [-0.25, -0.2) is 4.39 Å². The van der Waals surface area contributed by atoms with Gasteiger partial charge in [0, 0.05) is 18.6 Å². The van der Waals surface area contributed by atoms with Crippen LogP contribution in [0.5, 0.6) is 0 Å². The molecule has 3 rings (SSSR count). The zero-order valence-electron chi connectivity index (χ0n) is 12.5. The first kappa shape index (κ1) is 14.0. The van der Waals surface area contributed by atoms with E-state index in [1.165, 1.54) is 32.4 Å². The predicted molar refractivity (Wildman–Crippen MR) is 80.3 cm³/mol. The Morgan fingerprint density at radius 1 is 1.35 bits per heavy atom. The third-order valence-corrected chi connectivity index (χ3v) is 4.79. The maximum atomic E-state index is 13.6. The molecule has 0 radical (unpaired) electrons. The predicted octanol–water partition coefficient (Wildman–Crippen LogP) is 3.27. The third kappa shape index (κ3) is 3.21. The minimum atomic E-state index is -0.100. The Hall–Kier alpha value is -0.930. The number of hydrogen-bond donors (Lipinski definition) is 1. The SMILES string of the molecule is Cc1ccc(C(C)NCC2CCN(C3CC3)C2)cc1F. The van der Waals surface area contributed by atoms with Crippen LogP contribution in [0.3, 0.4) is 0 Å². The molecule has 1 saturated carbocycles. The molecule has 110 valence electrons. The second-order valence-corrected chi connectivity index (χ2v) is 6.52. The summed E-state index contributed by atoms with van der Waals surface area (Å²) in [4.78, 5) is 2.64. The van der Waals surface area contributed by atoms with E-state index in [9.17, 15) is 4.39 Å². The van der Waals surface area contributed by atoms with E-state index in [-0.39, 0.29) is 11.9 Å². The van der Waals surface area contributed by atoms with Crippen molar-refractivity contribution in [1.29, 1.82) is 0 Å². The normalized spacial score (nSPS) is 25.1. The molecule has 1 saturated heterocycles. The van der Waals surface area contributed by atoms with Crippen LogP contribution >= 0.6 is 0 Å². The molecule has 1 heterocycles. The number of benzene rings is 1. The highest BCUT2D eigenvalue weighted by molar-refractivity contribution is 5.25. The second kappa shape index (κ2) is 5.82. The molecule has 1 N–H and O–H groups in total. The smallest absolute Gasteiger partial charge is 0.126 e. The van der Waals surface area contributed by atoms with Gasteiger partial charge in [-0.05, 0) is 69.3 Å². The number of nitrogens with one attached hydrogen (secondary N) is 1. The summed E-state index contributed by atoms with van der Waals surface area (Å²) in [7, 11) is 0. The molecule has 0 amide bonds. The van der Waals surface area contributed by atoms with Crippen molar-refractivity contribution in [3.05, 3.63) is 35.1 Å². The van der Waals surface area contributed by atoms with Crippen molar-refractivity contribution >= 4 is 0 Å². The first-order chi connectivity index (χ1) is 9.63. The lowest BCUT2D eigenvalue weighted by molar-refractivity contribution is 0.310. The Morgan fingerprint density at radius 2 is 2.15 bits per heavy atom. The summed E-state index contributed by atoms with van der Waals surface area (Å²) < 4.78 is 13.6. The van der Waals surface area contributed by atoms with Crippen molar-refractivity contribution in [2.24, 2.45) is 5.92 Å². The van der Waals surface area contributed by atoms with Crippen LogP contribution in [0.25, 0.3) is 0 Å². The number of rotatable bonds is 5. The summed E-state index contributed by atoms with van der Waals surface area (Å²) >= 11 is 0. The van der Waals surface area contributed by atoms with E-state index < -0.39 is 0 Å². The summed E-state index contributed by atoms with van der Waals surface area (Å²) in [5.41, 5.74) is 1.77. The van der Waals surface area contributed by atoms with Gasteiger partial charge in [-0.3, -0.25) is 0 Å². The molecule has 0 aromatic heterocycles. The van der Waals surface area contributed by atoms with Crippen LogP contribution in [0.4, 0.5) is 4.39 Å². The lowest BCUT2D eigenvalue weighted by Crippen LogP contribution is -2.29. The summed E-state index contributed by atoms with van der Waals surface area (Å²) in [5, 5.41) is 3.57. The lowest BCUT2D eigenvalue weighted by Gasteiger charge is -2.19. The van der Waals surface area contributed by atoms with Gasteiger partial charge in [0.25, 0.3) is 0 Å². The molecule has 2 atom stereocenters. The molecule has 2 nitrogen and oxygen atoms in total. The molecule has 1 aromatic rings. The van der Waals surface area contributed by atoms with E-state index in [4.69, 9.17) is 0 Å². The van der Waals surface area contributed by atoms with Crippen LogP contribution in [-0.4, -0.2) is 30.6 Å². The fourth-order valence-electron chi connectivity index (χ4n) is 3.14. The maximum Gasteiger partial charge on any atom is 0.126 e. The van der Waals surface area contributed by atoms with Gasteiger partial charge in [0.05, 0.1) is 0 Å². The average molecular weight is 276 g/mol. The topological polar surface area (TPSA) is 15.3 Å². The van der Waals surface area contributed by atoms with Crippen molar-refractivity contribution in [1.82, 2.24) is 10.2 Å². The third-order valence-electron chi connectivity index (χ3n) is 4.79. The van der Waals surface area contributed by atoms with E-state index >= 15 is 0 Å². The highest BCUT2D eigenvalue weighted by Gasteiger charge is 2.34. The molecule has 1 aromatic carbocycles. The van der Waals surface area contributed by atoms with E-state index in [1.54, 1.807) is 6.07 Å². The number of halogens is 1. The van der Waals surface area contributed by atoms with E-state index in [0.29, 0.717) is 0 Å². The number of nitrogens with zero attached hydrogens (tertiary/aromatic N) is 1. The Morgan fingerprint density at radius 3 is 2.85 bits per heavy atom. The molecule has 1 aliphatic heterocycles. The Labute approximate surface area is 121 Å². The maximum absolute atomic E-state index is 13.6. The van der Waals surface area contributed by atoms with Crippen molar-refractivity contribution in [3.63, 3.8) is 0 Å². The molecule has 0 spiro atoms. The van der Waals surface area contributed by atoms with Gasteiger partial charge < -0.3 is 10.2 Å². The number of aryl methyl sites for hydroxylation is 1. The quantitative estimate of drug-likeness (QED) is 0.888. The van der Waals surface area contributed by atoms with Crippen molar-refractivity contribution in [2.75, 3.05) is 19.6 Å². The molecule has 2 unspecified atom stereocenters. The Kier molecular flexibility index (Phi) is 4.08. The van der Waals surface area contributed by atoms with Gasteiger partial charge in [-0.15, -0.1) is 0 Å². The average Bonchev–Trinajstić information content (AvgIpc) is 3.18. The molecule has 2 aliphatic rings. The van der Waals surface area contributed by atoms with Crippen molar-refractivity contribution in [2.45, 2.75) is 45.2 Å². The zero-order chi connectivity index (χ0) is 14.1. The van der Waals surface area contributed by atoms with Crippen LogP contribution in [0, 0.1) is 18.7 Å². The molecular formula is C17H25FN2. The highest BCUT2D eigenvalue weighted by atomic mass is 19.1. The first-order valence-corrected chi connectivity index (χ1v) is 7.87. The van der Waals surface area contributed by atoms with Crippen molar-refractivity contribution < 1.29 is 4.39 Å². The molecule has 3 heteroatoms. The standard InChI is InChI=1S/C17H25FN2/c1-12-3-4-15(9-17(12)18)13(2)19-10-14-7-8-20(11-14)16-5-6-16/h3-4,9,13-14,16,19H,5-8,10-11H2,1-2H3. The molecule has 1 aliphatic carbocycles. The van der Waals surface area contributed by atoms with Crippen LogP contribution in [0.15, 0.2) is 18.2 Å². The summed E-state index contributed by atoms with van der Waals surface area (Å²) in [6.45, 7) is 7.48. The van der Waals surface area contributed by atoms with Gasteiger partial charge in [0.2, 0.25) is 0 Å². The fourth-order valence-corrected chi connectivity index (χ4v) is 3.14. The number of likely N-dealkylation sites (tertiary alicyclic amines) is 1. The minimum Gasteiger partial charge on any atom is -0.310 e. The Balaban J connectivity index is 1.49. The fraction of sp³-hybridized carbons (Fsp3) is 0.647. The van der Waals surface area contributed by atoms with Crippen LogP contribution in [0.1, 0.15) is 43.4 Å². The van der Waals surface area contributed by atoms with E-state index in [2.05, 4.69) is 17.1 Å².